The first kappa shape index (κ1) is 50.5. The number of carbonyl (C=O) groups excluding carboxylic acids is 3. The third-order valence-electron chi connectivity index (χ3n) is 10.9. The number of alkyl halides is 3. The Balaban J connectivity index is 1.63. The minimum Gasteiger partial charge on any atom is -0.462 e. The van der Waals surface area contributed by atoms with Crippen molar-refractivity contribution in [2.45, 2.75) is 215 Å². The molecule has 1 amide bonds. The van der Waals surface area contributed by atoms with Gasteiger partial charge in [0.25, 0.3) is 0 Å². The molecule has 3 rings (SSSR count). The Labute approximate surface area is 363 Å². The highest BCUT2D eigenvalue weighted by Gasteiger charge is 2.51. The number of ether oxygens (including phenoxy) is 6. The zero-order valence-electron chi connectivity index (χ0n) is 35.4. The van der Waals surface area contributed by atoms with Crippen LogP contribution in [0.15, 0.2) is 30.3 Å². The van der Waals surface area contributed by atoms with Crippen LogP contribution in [0.2, 0.25) is 0 Å². The number of benzene rings is 1. The van der Waals surface area contributed by atoms with Crippen LogP contribution in [0.1, 0.15) is 180 Å². The summed E-state index contributed by atoms with van der Waals surface area (Å²) in [6, 6.07) is 8.52. The summed E-state index contributed by atoms with van der Waals surface area (Å²) < 4.78 is 34.2. The third kappa shape index (κ3) is 21.1. The van der Waals surface area contributed by atoms with Gasteiger partial charge in [-0.3, -0.25) is 9.59 Å². The molecule has 2 aliphatic heterocycles. The van der Waals surface area contributed by atoms with Crippen LogP contribution in [0.4, 0.5) is 4.79 Å². The molecule has 0 spiro atoms. The van der Waals surface area contributed by atoms with E-state index in [4.69, 9.17) is 63.2 Å². The van der Waals surface area contributed by atoms with E-state index >= 15 is 0 Å². The van der Waals surface area contributed by atoms with Gasteiger partial charge in [-0.2, -0.15) is 0 Å². The molecule has 2 fully saturated rings. The quantitative estimate of drug-likeness (QED) is 0.0363. The van der Waals surface area contributed by atoms with Crippen LogP contribution < -0.4 is 5.32 Å². The lowest BCUT2D eigenvalue weighted by atomic mass is 9.92. The monoisotopic (exact) mass is 875 g/mol. The number of carbonyl (C=O) groups is 3. The molecule has 2 heterocycles. The minimum atomic E-state index is -1.82. The Hall–Kier alpha value is -1.82. The topological polar surface area (TPSA) is 119 Å². The summed E-state index contributed by atoms with van der Waals surface area (Å²) in [6.07, 6.45) is 18.9. The second-order valence-electron chi connectivity index (χ2n) is 16.1. The van der Waals surface area contributed by atoms with Gasteiger partial charge in [-0.15, -0.1) is 0 Å². The van der Waals surface area contributed by atoms with E-state index in [1.807, 2.05) is 30.3 Å². The highest BCUT2D eigenvalue weighted by molar-refractivity contribution is 6.67. The second kappa shape index (κ2) is 29.4. The van der Waals surface area contributed by atoms with Gasteiger partial charge >= 0.3 is 18.0 Å². The molecule has 58 heavy (non-hydrogen) atoms. The van der Waals surface area contributed by atoms with Crippen molar-refractivity contribution in [3.8, 4) is 0 Å². The van der Waals surface area contributed by atoms with Gasteiger partial charge in [0.2, 0.25) is 3.79 Å². The molecule has 0 aliphatic carbocycles. The van der Waals surface area contributed by atoms with Crippen molar-refractivity contribution in [3.05, 3.63) is 35.9 Å². The summed E-state index contributed by atoms with van der Waals surface area (Å²) in [6.45, 7) is 5.89. The third-order valence-corrected chi connectivity index (χ3v) is 11.3. The fourth-order valence-corrected chi connectivity index (χ4v) is 7.85. The summed E-state index contributed by atoms with van der Waals surface area (Å²) in [7, 11) is 0. The highest BCUT2D eigenvalue weighted by atomic mass is 35.6. The summed E-state index contributed by atoms with van der Waals surface area (Å²) in [5, 5.41) is 2.75. The van der Waals surface area contributed by atoms with E-state index in [2.05, 4.69) is 19.2 Å². The van der Waals surface area contributed by atoms with Crippen molar-refractivity contribution in [2.75, 3.05) is 13.2 Å². The van der Waals surface area contributed by atoms with E-state index < -0.39 is 65.3 Å². The van der Waals surface area contributed by atoms with Crippen molar-refractivity contribution in [3.63, 3.8) is 0 Å². The highest BCUT2D eigenvalue weighted by Crippen LogP contribution is 2.36. The SMILES string of the molecule is CCCCCCCCCCCCCC(=O)O[C@H](CCCCCCCCCCC)CC(=O)O[C@@H]1C(NC(=O)OCC(Cl)(Cl)Cl)[C@H](C)OC2COC(c3ccccc3)O[C@H]21. The van der Waals surface area contributed by atoms with E-state index in [-0.39, 0.29) is 19.0 Å². The zero-order chi connectivity index (χ0) is 42.0. The molecule has 0 bridgehead atoms. The number of amides is 1. The number of halogens is 3. The molecule has 1 aromatic rings. The predicted octanol–water partition coefficient (Wildman–Crippen LogP) is 12.2. The average molecular weight is 877 g/mol. The number of nitrogens with one attached hydrogen (secondary N) is 1. The van der Waals surface area contributed by atoms with Crippen LogP contribution in [0, 0.1) is 0 Å². The lowest BCUT2D eigenvalue weighted by Crippen LogP contribution is -2.66. The molecular weight excluding hydrogens is 805 g/mol. The molecule has 0 aromatic heterocycles. The maximum absolute atomic E-state index is 13.9. The van der Waals surface area contributed by atoms with E-state index in [0.717, 1.165) is 44.1 Å². The molecular formula is C45H72Cl3NO9. The molecule has 0 radical (unpaired) electrons. The Bertz CT molecular complexity index is 1270. The average Bonchev–Trinajstić information content (AvgIpc) is 3.19. The van der Waals surface area contributed by atoms with Crippen LogP contribution in [-0.2, 0) is 38.0 Å². The Morgan fingerprint density at radius 1 is 0.759 bits per heavy atom. The van der Waals surface area contributed by atoms with Gasteiger partial charge in [-0.05, 0) is 26.2 Å². The molecule has 3 unspecified atom stereocenters. The van der Waals surface area contributed by atoms with E-state index in [0.29, 0.717) is 12.8 Å². The van der Waals surface area contributed by atoms with Gasteiger partial charge in [0.15, 0.2) is 12.4 Å². The fourth-order valence-electron chi connectivity index (χ4n) is 7.68. The van der Waals surface area contributed by atoms with Gasteiger partial charge in [-0.1, -0.05) is 195 Å². The second-order valence-corrected chi connectivity index (χ2v) is 18.6. The normalized spacial score (nSPS) is 22.4. The Morgan fingerprint density at radius 2 is 1.31 bits per heavy atom. The smallest absolute Gasteiger partial charge is 0.407 e. The first-order valence-corrected chi connectivity index (χ1v) is 23.5. The number of unbranched alkanes of at least 4 members (excludes halogenated alkanes) is 18. The van der Waals surface area contributed by atoms with E-state index in [9.17, 15) is 14.4 Å². The molecule has 2 aliphatic rings. The van der Waals surface area contributed by atoms with Gasteiger partial charge in [0.1, 0.15) is 24.9 Å². The van der Waals surface area contributed by atoms with Crippen molar-refractivity contribution in [1.82, 2.24) is 5.32 Å². The molecule has 0 saturated carbocycles. The van der Waals surface area contributed by atoms with Gasteiger partial charge in [0.05, 0.1) is 25.2 Å². The van der Waals surface area contributed by atoms with E-state index in [1.165, 1.54) is 89.9 Å². The first-order valence-electron chi connectivity index (χ1n) is 22.4. The minimum absolute atomic E-state index is 0.132. The number of hydrogen-bond donors (Lipinski definition) is 1. The summed E-state index contributed by atoms with van der Waals surface area (Å²) >= 11 is 17.5. The van der Waals surface area contributed by atoms with Crippen molar-refractivity contribution in [2.24, 2.45) is 0 Å². The predicted molar refractivity (Wildman–Crippen MR) is 230 cm³/mol. The van der Waals surface area contributed by atoms with Crippen LogP contribution in [0.25, 0.3) is 0 Å². The first-order chi connectivity index (χ1) is 28.0. The largest absolute Gasteiger partial charge is 0.462 e. The molecule has 2 saturated heterocycles. The lowest BCUT2D eigenvalue weighted by molar-refractivity contribution is -0.314. The van der Waals surface area contributed by atoms with Gasteiger partial charge in [-0.25, -0.2) is 4.79 Å². The van der Waals surface area contributed by atoms with Crippen LogP contribution in [-0.4, -0.2) is 71.6 Å². The Kier molecular flexibility index (Phi) is 25.6. The molecule has 13 heteroatoms. The summed E-state index contributed by atoms with van der Waals surface area (Å²) in [5.41, 5.74) is 0.780. The maximum atomic E-state index is 13.9. The van der Waals surface area contributed by atoms with Crippen molar-refractivity contribution in [1.29, 1.82) is 0 Å². The molecule has 1 N–H and O–H groups in total. The lowest BCUT2D eigenvalue weighted by Gasteiger charge is -2.48. The summed E-state index contributed by atoms with van der Waals surface area (Å²) in [5.74, 6) is -0.867. The standard InChI is InChI=1S/C45H72Cl3NO9/c1-4-6-8-10-12-14-15-17-19-21-26-30-38(50)56-36(29-25-20-18-16-13-11-9-7-5-2)31-39(51)57-42-40(49-44(52)54-33-45(46,47)48)34(3)55-37-32-53-43(58-41(37)42)35-27-23-22-24-28-35/h22-24,27-28,34,36-37,40-43H,4-21,25-26,29-33H2,1-3H3,(H,49,52)/t34-,36+,37?,40?,41+,42+,43?/m0/s1. The zero-order valence-corrected chi connectivity index (χ0v) is 37.7. The number of rotatable bonds is 29. The van der Waals surface area contributed by atoms with Crippen molar-refractivity contribution < 1.29 is 42.8 Å². The van der Waals surface area contributed by atoms with Crippen molar-refractivity contribution >= 4 is 52.8 Å². The van der Waals surface area contributed by atoms with Gasteiger partial charge in [0, 0.05) is 12.0 Å². The fraction of sp³-hybridized carbons (Fsp3) is 0.800. The number of esters is 2. The van der Waals surface area contributed by atoms with Crippen LogP contribution in [0.3, 0.4) is 0 Å². The summed E-state index contributed by atoms with van der Waals surface area (Å²) in [4.78, 5) is 40.0. The number of fused-ring (bicyclic) bond motifs is 1. The number of hydrogen-bond acceptors (Lipinski definition) is 9. The number of alkyl carbamates (subject to hydrolysis) is 1. The van der Waals surface area contributed by atoms with Crippen LogP contribution >= 0.6 is 34.8 Å². The molecule has 332 valence electrons. The molecule has 7 atom stereocenters. The molecule has 10 nitrogen and oxygen atoms in total. The Morgan fingerprint density at radius 3 is 1.88 bits per heavy atom. The van der Waals surface area contributed by atoms with Gasteiger partial charge < -0.3 is 33.7 Å². The maximum Gasteiger partial charge on any atom is 0.407 e. The van der Waals surface area contributed by atoms with Crippen LogP contribution in [0.5, 0.6) is 0 Å². The molecule has 1 aromatic carbocycles. The van der Waals surface area contributed by atoms with E-state index in [1.54, 1.807) is 6.92 Å².